The van der Waals surface area contributed by atoms with E-state index in [1.165, 1.54) is 79.7 Å². The second-order valence-electron chi connectivity index (χ2n) is 17.1. The summed E-state index contributed by atoms with van der Waals surface area (Å²) in [6.45, 7) is 0.135. The van der Waals surface area contributed by atoms with E-state index in [-0.39, 0.29) is 39.1 Å². The molecule has 0 radical (unpaired) electrons. The molecule has 2 aliphatic rings. The van der Waals surface area contributed by atoms with Crippen LogP contribution in [0.3, 0.4) is 0 Å². The SMILES string of the molecule is Cc1cc(=O)n([C@H]2O[C@H](COC(=O)c3ccccc3)[C@@H](OC(=O)c3ccccc3)[C@@H]2OC(=O)c2ccccc2)c(=O)n1[C@H]1O[C@H](COC(=O)c2ccccc2)[C@@H](OC(=O)c2ccccc2)[C@@H]1OC(=O)c1ccccc1. The first-order chi connectivity index (χ1) is 36.4. The Morgan fingerprint density at radius 2 is 0.653 bits per heavy atom. The maximum atomic E-state index is 15.5. The van der Waals surface area contributed by atoms with Gasteiger partial charge in [-0.25, -0.2) is 38.1 Å². The minimum absolute atomic E-state index is 0.0366. The molecule has 2 saturated heterocycles. The quantitative estimate of drug-likeness (QED) is 0.0723. The van der Waals surface area contributed by atoms with Crippen LogP contribution in [0.5, 0.6) is 0 Å². The number of rotatable bonds is 16. The number of carbonyl (C=O) groups is 6. The molecule has 0 bridgehead atoms. The van der Waals surface area contributed by atoms with Crippen LogP contribution in [-0.4, -0.2) is 94.8 Å². The van der Waals surface area contributed by atoms with Gasteiger partial charge in [0.2, 0.25) is 0 Å². The Bertz CT molecular complexity index is 3280. The first kappa shape index (κ1) is 50.7. The maximum Gasteiger partial charge on any atom is 0.338 e. The van der Waals surface area contributed by atoms with Crippen molar-refractivity contribution in [2.24, 2.45) is 0 Å². The van der Waals surface area contributed by atoms with Gasteiger partial charge < -0.3 is 37.9 Å². The summed E-state index contributed by atoms with van der Waals surface area (Å²) in [7, 11) is 0. The van der Waals surface area contributed by atoms with E-state index in [0.717, 1.165) is 10.6 Å². The predicted molar refractivity (Wildman–Crippen MR) is 264 cm³/mol. The summed E-state index contributed by atoms with van der Waals surface area (Å²) in [6, 6.07) is 48.1. The molecule has 1 aromatic heterocycles. The van der Waals surface area contributed by atoms with Gasteiger partial charge >= 0.3 is 41.5 Å². The first-order valence-corrected chi connectivity index (χ1v) is 23.6. The highest BCUT2D eigenvalue weighted by atomic mass is 16.7. The molecule has 75 heavy (non-hydrogen) atoms. The monoisotopic (exact) mass is 1010 g/mol. The fourth-order valence-electron chi connectivity index (χ4n) is 8.55. The van der Waals surface area contributed by atoms with Crippen LogP contribution in [0.15, 0.2) is 198 Å². The smallest absolute Gasteiger partial charge is 0.338 e. The average Bonchev–Trinajstić information content (AvgIpc) is 3.95. The van der Waals surface area contributed by atoms with Gasteiger partial charge in [-0.1, -0.05) is 109 Å². The van der Waals surface area contributed by atoms with Crippen LogP contribution < -0.4 is 11.2 Å². The van der Waals surface area contributed by atoms with Gasteiger partial charge in [-0.2, -0.15) is 0 Å². The lowest BCUT2D eigenvalue weighted by atomic mass is 10.1. The van der Waals surface area contributed by atoms with Crippen molar-refractivity contribution in [2.75, 3.05) is 13.2 Å². The van der Waals surface area contributed by atoms with Crippen molar-refractivity contribution >= 4 is 35.8 Å². The van der Waals surface area contributed by atoms with Gasteiger partial charge in [0.05, 0.1) is 33.4 Å². The van der Waals surface area contributed by atoms with Crippen LogP contribution >= 0.6 is 0 Å². The third-order valence-corrected chi connectivity index (χ3v) is 12.2. The summed E-state index contributed by atoms with van der Waals surface area (Å²) in [5.41, 5.74) is -1.68. The normalized spacial score (nSPS) is 20.8. The minimum atomic E-state index is -1.93. The molecular formula is C57H46N2O16. The van der Waals surface area contributed by atoms with Gasteiger partial charge in [-0.15, -0.1) is 0 Å². The second-order valence-corrected chi connectivity index (χ2v) is 17.1. The molecule has 0 aliphatic carbocycles. The van der Waals surface area contributed by atoms with Gasteiger partial charge in [0, 0.05) is 11.8 Å². The Morgan fingerprint density at radius 3 is 0.960 bits per heavy atom. The molecule has 18 nitrogen and oxygen atoms in total. The van der Waals surface area contributed by atoms with E-state index in [0.29, 0.717) is 4.57 Å². The van der Waals surface area contributed by atoms with Gasteiger partial charge in [0.15, 0.2) is 36.9 Å². The molecule has 380 valence electrons. The number of nitrogens with zero attached hydrogens (tertiary/aromatic N) is 2. The molecule has 0 spiro atoms. The fraction of sp³-hybridized carbons (Fsp3) is 0.193. The highest BCUT2D eigenvalue weighted by Crippen LogP contribution is 2.37. The molecule has 8 atom stereocenters. The van der Waals surface area contributed by atoms with Gasteiger partial charge in [0.1, 0.15) is 25.4 Å². The standard InChI is InChI=1S/C57H46N2O16/c1-35-32-44(60)59(50-48(75-56(66)41-30-18-7-19-31-41)46(73-54(64)39-26-14-5-15-27-39)43(71-50)34-69-52(62)37-22-10-3-11-23-37)57(67)58(35)49-47(74-55(65)40-28-16-6-17-29-40)45(72-53(63)38-24-12-4-13-25-38)42(70-49)33-68-51(61)36-20-8-2-9-21-36/h2-32,42-43,45-50H,33-34H2,1H3/t42-,43-,45-,46-,47+,48+,49+,50+/m1/s1. The molecule has 2 aliphatic heterocycles. The number of hydrogen-bond acceptors (Lipinski definition) is 16. The number of aromatic nitrogens is 2. The highest BCUT2D eigenvalue weighted by Gasteiger charge is 2.55. The lowest BCUT2D eigenvalue weighted by Gasteiger charge is -2.28. The zero-order valence-corrected chi connectivity index (χ0v) is 39.9. The van der Waals surface area contributed by atoms with Crippen molar-refractivity contribution in [2.45, 2.75) is 56.0 Å². The molecule has 6 aromatic carbocycles. The molecule has 9 rings (SSSR count). The van der Waals surface area contributed by atoms with Crippen molar-refractivity contribution in [1.29, 1.82) is 0 Å². The zero-order valence-electron chi connectivity index (χ0n) is 39.9. The largest absolute Gasteiger partial charge is 0.459 e. The van der Waals surface area contributed by atoms with E-state index in [9.17, 15) is 33.6 Å². The number of hydrogen-bond donors (Lipinski definition) is 0. The van der Waals surface area contributed by atoms with E-state index in [2.05, 4.69) is 0 Å². The molecule has 3 heterocycles. The molecule has 2 fully saturated rings. The Kier molecular flexibility index (Phi) is 15.6. The second kappa shape index (κ2) is 23.1. The Balaban J connectivity index is 1.15. The molecule has 0 unspecified atom stereocenters. The van der Waals surface area contributed by atoms with Crippen LogP contribution in [0.1, 0.15) is 80.3 Å². The van der Waals surface area contributed by atoms with Crippen molar-refractivity contribution in [3.63, 3.8) is 0 Å². The Labute approximate surface area is 427 Å². The van der Waals surface area contributed by atoms with Crippen LogP contribution in [0.2, 0.25) is 0 Å². The van der Waals surface area contributed by atoms with Crippen molar-refractivity contribution in [1.82, 2.24) is 9.13 Å². The topological polar surface area (TPSA) is 220 Å². The minimum Gasteiger partial charge on any atom is -0.459 e. The first-order valence-electron chi connectivity index (χ1n) is 23.6. The van der Waals surface area contributed by atoms with Crippen LogP contribution in [0.4, 0.5) is 0 Å². The molecule has 0 saturated carbocycles. The third kappa shape index (κ3) is 11.5. The lowest BCUT2D eigenvalue weighted by molar-refractivity contribution is -0.0764. The molecule has 0 N–H and O–H groups in total. The summed E-state index contributed by atoms with van der Waals surface area (Å²) in [5.74, 6) is -5.30. The Morgan fingerprint density at radius 1 is 0.387 bits per heavy atom. The average molecular weight is 1010 g/mol. The van der Waals surface area contributed by atoms with Crippen molar-refractivity contribution in [3.05, 3.63) is 248 Å². The Hall–Kier alpha value is -9.26. The van der Waals surface area contributed by atoms with Crippen LogP contribution in [0.25, 0.3) is 0 Å². The number of carbonyl (C=O) groups excluding carboxylic acids is 6. The molecule has 7 aromatic rings. The number of esters is 6. The number of benzene rings is 6. The van der Waals surface area contributed by atoms with Crippen molar-refractivity contribution < 1.29 is 66.7 Å². The summed E-state index contributed by atoms with van der Waals surface area (Å²) in [6.07, 6.45) is -13.4. The molecule has 0 amide bonds. The van der Waals surface area contributed by atoms with Crippen LogP contribution in [-0.2, 0) is 37.9 Å². The van der Waals surface area contributed by atoms with E-state index < -0.39 is 109 Å². The van der Waals surface area contributed by atoms with E-state index >= 15 is 4.79 Å². The predicted octanol–water partition coefficient (Wildman–Crippen LogP) is 6.73. The van der Waals surface area contributed by atoms with Gasteiger partial charge in [-0.05, 0) is 79.7 Å². The molecule has 18 heteroatoms. The fourth-order valence-corrected chi connectivity index (χ4v) is 8.55. The molecular weight excluding hydrogens is 969 g/mol. The number of ether oxygens (including phenoxy) is 8. The van der Waals surface area contributed by atoms with Crippen LogP contribution in [0, 0.1) is 6.92 Å². The highest BCUT2D eigenvalue weighted by molar-refractivity contribution is 5.92. The van der Waals surface area contributed by atoms with Crippen molar-refractivity contribution in [3.8, 4) is 0 Å². The van der Waals surface area contributed by atoms with E-state index in [4.69, 9.17) is 37.9 Å². The zero-order chi connectivity index (χ0) is 52.4. The lowest BCUT2D eigenvalue weighted by Crippen LogP contribution is -2.50. The summed E-state index contributed by atoms with van der Waals surface area (Å²) < 4.78 is 50.2. The van der Waals surface area contributed by atoms with Gasteiger partial charge in [-0.3, -0.25) is 9.36 Å². The third-order valence-electron chi connectivity index (χ3n) is 12.2. The maximum absolute atomic E-state index is 15.5. The summed E-state index contributed by atoms with van der Waals surface area (Å²) in [5, 5.41) is 0. The summed E-state index contributed by atoms with van der Waals surface area (Å²) >= 11 is 0. The number of aryl methyl sites for hydroxylation is 1. The van der Waals surface area contributed by atoms with Gasteiger partial charge in [0.25, 0.3) is 5.56 Å². The van der Waals surface area contributed by atoms with E-state index in [1.807, 2.05) is 0 Å². The summed E-state index contributed by atoms with van der Waals surface area (Å²) in [4.78, 5) is 113. The van der Waals surface area contributed by atoms with E-state index in [1.54, 1.807) is 109 Å².